The number of carbonyl (C=O) groups is 1. The summed E-state index contributed by atoms with van der Waals surface area (Å²) in [7, 11) is 0. The summed E-state index contributed by atoms with van der Waals surface area (Å²) in [5.41, 5.74) is 0. The zero-order chi connectivity index (χ0) is 6.85. The second kappa shape index (κ2) is 2.54. The van der Waals surface area contributed by atoms with Gasteiger partial charge < -0.3 is 10.4 Å². The van der Waals surface area contributed by atoms with Crippen LogP contribution in [0.5, 0.6) is 0 Å². The summed E-state index contributed by atoms with van der Waals surface area (Å²) in [6.07, 6.45) is 0.539. The van der Waals surface area contributed by atoms with Gasteiger partial charge in [0, 0.05) is 11.9 Å². The first-order chi connectivity index (χ1) is 4.20. The molecular formula is C5H8ClNO2. The summed E-state index contributed by atoms with van der Waals surface area (Å²) in [4.78, 5) is 10.2. The first-order valence-corrected chi connectivity index (χ1v) is 3.24. The van der Waals surface area contributed by atoms with Crippen molar-refractivity contribution in [1.29, 1.82) is 0 Å². The third kappa shape index (κ3) is 1.56. The molecule has 0 saturated carbocycles. The van der Waals surface area contributed by atoms with Gasteiger partial charge in [0.2, 0.25) is 0 Å². The molecule has 0 spiro atoms. The van der Waals surface area contributed by atoms with E-state index in [0.717, 1.165) is 0 Å². The molecule has 0 aromatic heterocycles. The molecule has 0 aliphatic carbocycles. The topological polar surface area (TPSA) is 49.3 Å². The van der Waals surface area contributed by atoms with E-state index >= 15 is 0 Å². The van der Waals surface area contributed by atoms with Crippen LogP contribution in [0.15, 0.2) is 0 Å². The Morgan fingerprint density at radius 3 is 2.67 bits per heavy atom. The number of carboxylic acids is 1. The van der Waals surface area contributed by atoms with Gasteiger partial charge in [-0.15, -0.1) is 11.6 Å². The smallest absolute Gasteiger partial charge is 0.320 e. The van der Waals surface area contributed by atoms with Crippen molar-refractivity contribution in [3.8, 4) is 0 Å². The lowest BCUT2D eigenvalue weighted by Gasteiger charge is -1.99. The maximum absolute atomic E-state index is 10.2. The number of aliphatic carboxylic acids is 1. The molecule has 0 aromatic rings. The average molecular weight is 150 g/mol. The fraction of sp³-hybridized carbons (Fsp3) is 0.800. The van der Waals surface area contributed by atoms with E-state index in [4.69, 9.17) is 16.7 Å². The number of carboxylic acid groups (broad SMARTS) is 1. The average Bonchev–Trinajstić information content (AvgIpc) is 2.14. The van der Waals surface area contributed by atoms with Crippen molar-refractivity contribution in [2.24, 2.45) is 0 Å². The van der Waals surface area contributed by atoms with Gasteiger partial charge in [-0.1, -0.05) is 0 Å². The predicted molar refractivity (Wildman–Crippen MR) is 33.7 cm³/mol. The first-order valence-electron chi connectivity index (χ1n) is 2.80. The number of rotatable bonds is 1. The Kier molecular flexibility index (Phi) is 1.93. The monoisotopic (exact) mass is 149 g/mol. The number of halogens is 1. The van der Waals surface area contributed by atoms with E-state index < -0.39 is 12.0 Å². The molecule has 0 unspecified atom stereocenters. The minimum Gasteiger partial charge on any atom is -0.480 e. The molecule has 1 saturated heterocycles. The van der Waals surface area contributed by atoms with Crippen LogP contribution in [-0.4, -0.2) is 29.0 Å². The summed E-state index contributed by atoms with van der Waals surface area (Å²) < 4.78 is 0. The maximum Gasteiger partial charge on any atom is 0.320 e. The molecule has 0 radical (unpaired) electrons. The van der Waals surface area contributed by atoms with E-state index in [2.05, 4.69) is 5.32 Å². The molecule has 1 rings (SSSR count). The van der Waals surface area contributed by atoms with Crippen LogP contribution < -0.4 is 5.32 Å². The van der Waals surface area contributed by atoms with Crippen LogP contribution in [0.25, 0.3) is 0 Å². The van der Waals surface area contributed by atoms with Crippen LogP contribution in [0, 0.1) is 0 Å². The minimum absolute atomic E-state index is 0.00824. The van der Waals surface area contributed by atoms with Gasteiger partial charge in [0.25, 0.3) is 0 Å². The molecule has 1 aliphatic heterocycles. The van der Waals surface area contributed by atoms with E-state index in [9.17, 15) is 4.79 Å². The largest absolute Gasteiger partial charge is 0.480 e. The van der Waals surface area contributed by atoms with Crippen molar-refractivity contribution in [3.05, 3.63) is 0 Å². The van der Waals surface area contributed by atoms with E-state index in [-0.39, 0.29) is 5.38 Å². The van der Waals surface area contributed by atoms with E-state index in [1.54, 1.807) is 0 Å². The molecule has 0 amide bonds. The first kappa shape index (κ1) is 6.83. The molecule has 2 N–H and O–H groups in total. The lowest BCUT2D eigenvalue weighted by Crippen LogP contribution is -2.29. The number of hydrogen-bond acceptors (Lipinski definition) is 2. The second-order valence-electron chi connectivity index (χ2n) is 2.13. The third-order valence-corrected chi connectivity index (χ3v) is 1.71. The molecule has 52 valence electrons. The minimum atomic E-state index is -0.807. The quantitative estimate of drug-likeness (QED) is 0.518. The van der Waals surface area contributed by atoms with Gasteiger partial charge in [-0.2, -0.15) is 0 Å². The van der Waals surface area contributed by atoms with Gasteiger partial charge >= 0.3 is 5.97 Å². The Morgan fingerprint density at radius 2 is 2.44 bits per heavy atom. The lowest BCUT2D eigenvalue weighted by atomic mass is 10.2. The van der Waals surface area contributed by atoms with Gasteiger partial charge in [-0.25, -0.2) is 0 Å². The normalized spacial score (nSPS) is 34.8. The van der Waals surface area contributed by atoms with E-state index in [1.165, 1.54) is 0 Å². The lowest BCUT2D eigenvalue weighted by molar-refractivity contribution is -0.139. The van der Waals surface area contributed by atoms with E-state index in [1.807, 2.05) is 0 Å². The van der Waals surface area contributed by atoms with Crippen LogP contribution in [0.1, 0.15) is 6.42 Å². The highest BCUT2D eigenvalue weighted by Gasteiger charge is 2.27. The van der Waals surface area contributed by atoms with Crippen molar-refractivity contribution < 1.29 is 9.90 Å². The highest BCUT2D eigenvalue weighted by molar-refractivity contribution is 6.21. The van der Waals surface area contributed by atoms with Crippen molar-refractivity contribution >= 4 is 17.6 Å². The van der Waals surface area contributed by atoms with Crippen molar-refractivity contribution in [2.45, 2.75) is 17.8 Å². The van der Waals surface area contributed by atoms with Crippen molar-refractivity contribution in [3.63, 3.8) is 0 Å². The van der Waals surface area contributed by atoms with Gasteiger partial charge in [-0.3, -0.25) is 4.79 Å². The van der Waals surface area contributed by atoms with E-state index in [0.29, 0.717) is 13.0 Å². The maximum atomic E-state index is 10.2. The van der Waals surface area contributed by atoms with Gasteiger partial charge in [-0.05, 0) is 6.42 Å². The van der Waals surface area contributed by atoms with Gasteiger partial charge in [0.05, 0.1) is 0 Å². The van der Waals surface area contributed by atoms with Gasteiger partial charge in [0.1, 0.15) is 6.04 Å². The molecule has 1 aliphatic rings. The molecule has 3 nitrogen and oxygen atoms in total. The van der Waals surface area contributed by atoms with Crippen LogP contribution in [0.4, 0.5) is 0 Å². The van der Waals surface area contributed by atoms with Crippen LogP contribution >= 0.6 is 11.6 Å². The molecule has 0 aromatic carbocycles. The van der Waals surface area contributed by atoms with Gasteiger partial charge in [0.15, 0.2) is 0 Å². The fourth-order valence-corrected chi connectivity index (χ4v) is 1.15. The Bertz CT molecular complexity index is 128. The summed E-state index contributed by atoms with van der Waals surface area (Å²) >= 11 is 5.63. The highest BCUT2D eigenvalue weighted by Crippen LogP contribution is 2.11. The molecular weight excluding hydrogens is 142 g/mol. The number of alkyl halides is 1. The molecule has 1 heterocycles. The molecule has 4 heteroatoms. The summed E-state index contributed by atoms with van der Waals surface area (Å²) in [6, 6.07) is -0.424. The van der Waals surface area contributed by atoms with Crippen LogP contribution in [0.3, 0.4) is 0 Å². The molecule has 1 fully saturated rings. The Balaban J connectivity index is 2.39. The third-order valence-electron chi connectivity index (χ3n) is 1.38. The summed E-state index contributed by atoms with van der Waals surface area (Å²) in [5, 5.41) is 11.2. The Labute approximate surface area is 58.0 Å². The molecule has 9 heavy (non-hydrogen) atoms. The standard InChI is InChI=1S/C5H8ClNO2/c6-3-1-4(5(8)9)7-2-3/h3-4,7H,1-2H2,(H,8,9)/t3-,4-/m0/s1. The van der Waals surface area contributed by atoms with Crippen molar-refractivity contribution in [2.75, 3.05) is 6.54 Å². The Hall–Kier alpha value is -0.280. The highest BCUT2D eigenvalue weighted by atomic mass is 35.5. The second-order valence-corrected chi connectivity index (χ2v) is 2.75. The zero-order valence-electron chi connectivity index (χ0n) is 4.80. The predicted octanol–water partition coefficient (Wildman–Crippen LogP) is 0.0403. The SMILES string of the molecule is O=C(O)[C@@H]1C[C@H](Cl)CN1. The fourth-order valence-electron chi connectivity index (χ4n) is 0.881. The van der Waals surface area contributed by atoms with Crippen LogP contribution in [-0.2, 0) is 4.79 Å². The van der Waals surface area contributed by atoms with Crippen molar-refractivity contribution in [1.82, 2.24) is 5.32 Å². The number of hydrogen-bond donors (Lipinski definition) is 2. The Morgan fingerprint density at radius 1 is 1.78 bits per heavy atom. The van der Waals surface area contributed by atoms with Crippen LogP contribution in [0.2, 0.25) is 0 Å². The summed E-state index contributed by atoms with van der Waals surface area (Å²) in [5.74, 6) is -0.807. The molecule has 2 atom stereocenters. The number of nitrogens with one attached hydrogen (secondary N) is 1. The zero-order valence-corrected chi connectivity index (χ0v) is 5.56. The molecule has 0 bridgehead atoms. The summed E-state index contributed by atoms with van der Waals surface area (Å²) in [6.45, 7) is 0.610.